The van der Waals surface area contributed by atoms with E-state index in [2.05, 4.69) is 5.10 Å². The maximum atomic E-state index is 13.9. The highest BCUT2D eigenvalue weighted by atomic mass is 35.5. The van der Waals surface area contributed by atoms with Crippen molar-refractivity contribution >= 4 is 17.5 Å². The highest BCUT2D eigenvalue weighted by molar-refractivity contribution is 6.30. The molecule has 9 heteroatoms. The van der Waals surface area contributed by atoms with Crippen molar-refractivity contribution in [1.29, 1.82) is 0 Å². The van der Waals surface area contributed by atoms with Gasteiger partial charge in [0.15, 0.2) is 0 Å². The van der Waals surface area contributed by atoms with Crippen LogP contribution in [0.25, 0.3) is 5.69 Å². The number of aromatic nitrogens is 2. The van der Waals surface area contributed by atoms with Gasteiger partial charge in [0.05, 0.1) is 29.6 Å². The van der Waals surface area contributed by atoms with Crippen LogP contribution in [0.2, 0.25) is 5.02 Å². The number of ether oxygens (including phenoxy) is 3. The molecular weight excluding hydrogens is 461 g/mol. The molecule has 0 spiro atoms. The Morgan fingerprint density at radius 1 is 1.29 bits per heavy atom. The lowest BCUT2D eigenvalue weighted by Crippen LogP contribution is -2.39. The quantitative estimate of drug-likeness (QED) is 0.428. The fourth-order valence-corrected chi connectivity index (χ4v) is 4.04. The third-order valence-electron chi connectivity index (χ3n) is 5.64. The van der Waals surface area contributed by atoms with E-state index in [9.17, 15) is 9.18 Å². The molecule has 1 amide bonds. The number of nitrogens with zero attached hydrogens (tertiary/aromatic N) is 3. The molecule has 0 N–H and O–H groups in total. The number of methoxy groups -OCH3 is 1. The van der Waals surface area contributed by atoms with Gasteiger partial charge in [0.25, 0.3) is 0 Å². The smallest absolute Gasteiger partial charge is 0.248 e. The molecule has 0 aliphatic carbocycles. The van der Waals surface area contributed by atoms with Crippen LogP contribution in [0.5, 0.6) is 11.6 Å². The minimum Gasteiger partial charge on any atom is -0.438 e. The van der Waals surface area contributed by atoms with Gasteiger partial charge in [0.1, 0.15) is 18.2 Å². The number of amides is 1. The minimum absolute atomic E-state index is 0.0278. The number of benzene rings is 2. The summed E-state index contributed by atoms with van der Waals surface area (Å²) in [4.78, 5) is 14.6. The van der Waals surface area contributed by atoms with Gasteiger partial charge in [-0.05, 0) is 56.2 Å². The molecule has 0 unspecified atom stereocenters. The lowest BCUT2D eigenvalue weighted by atomic mass is 10.2. The van der Waals surface area contributed by atoms with Gasteiger partial charge in [0.2, 0.25) is 11.8 Å². The second kappa shape index (κ2) is 11.0. The monoisotopic (exact) mass is 487 g/mol. The zero-order valence-electron chi connectivity index (χ0n) is 19.2. The van der Waals surface area contributed by atoms with Crippen LogP contribution in [-0.2, 0) is 20.8 Å². The van der Waals surface area contributed by atoms with Crippen molar-refractivity contribution in [2.75, 3.05) is 26.9 Å². The average molecular weight is 488 g/mol. The van der Waals surface area contributed by atoms with E-state index in [0.29, 0.717) is 41.1 Å². The van der Waals surface area contributed by atoms with Crippen molar-refractivity contribution < 1.29 is 23.4 Å². The lowest BCUT2D eigenvalue weighted by molar-refractivity contribution is -0.137. The van der Waals surface area contributed by atoms with Gasteiger partial charge in [0, 0.05) is 31.4 Å². The zero-order valence-corrected chi connectivity index (χ0v) is 19.9. The SMILES string of the molecule is COCC(=O)N(Cc1c(C)nn(-c2ccc(Cl)cc2)c1Oc1cccc(F)c1)C[C@@H]1CCCO1. The van der Waals surface area contributed by atoms with E-state index >= 15 is 0 Å². The zero-order chi connectivity index (χ0) is 24.1. The van der Waals surface area contributed by atoms with Crippen LogP contribution < -0.4 is 4.74 Å². The number of halogens is 2. The molecule has 0 radical (unpaired) electrons. The first-order valence-corrected chi connectivity index (χ1v) is 11.5. The number of hydrogen-bond donors (Lipinski definition) is 0. The predicted octanol–water partition coefficient (Wildman–Crippen LogP) is 4.92. The molecule has 180 valence electrons. The summed E-state index contributed by atoms with van der Waals surface area (Å²) in [6.07, 6.45) is 1.84. The van der Waals surface area contributed by atoms with E-state index in [1.165, 1.54) is 19.2 Å². The Bertz CT molecular complexity index is 1130. The van der Waals surface area contributed by atoms with E-state index in [4.69, 9.17) is 25.8 Å². The topological polar surface area (TPSA) is 65.8 Å². The first kappa shape index (κ1) is 24.2. The van der Waals surface area contributed by atoms with E-state index in [-0.39, 0.29) is 25.2 Å². The van der Waals surface area contributed by atoms with Crippen LogP contribution in [0.1, 0.15) is 24.1 Å². The highest BCUT2D eigenvalue weighted by Crippen LogP contribution is 2.32. The van der Waals surface area contributed by atoms with Crippen LogP contribution in [-0.4, -0.2) is 53.6 Å². The van der Waals surface area contributed by atoms with Crippen LogP contribution in [0.3, 0.4) is 0 Å². The molecule has 1 aliphatic rings. The molecule has 1 fully saturated rings. The molecule has 0 saturated carbocycles. The van der Waals surface area contributed by atoms with E-state index in [1.807, 2.05) is 19.1 Å². The van der Waals surface area contributed by atoms with Crippen molar-refractivity contribution in [3.8, 4) is 17.3 Å². The summed E-state index contributed by atoms with van der Waals surface area (Å²) in [5.74, 6) is 0.148. The maximum Gasteiger partial charge on any atom is 0.248 e. The van der Waals surface area contributed by atoms with Crippen LogP contribution in [0.4, 0.5) is 4.39 Å². The van der Waals surface area contributed by atoms with Crippen LogP contribution >= 0.6 is 11.6 Å². The molecule has 2 heterocycles. The minimum atomic E-state index is -0.413. The number of hydrogen-bond acceptors (Lipinski definition) is 5. The number of carbonyl (C=O) groups is 1. The Morgan fingerprint density at radius 2 is 2.09 bits per heavy atom. The fraction of sp³-hybridized carbons (Fsp3) is 0.360. The Morgan fingerprint density at radius 3 is 2.76 bits per heavy atom. The van der Waals surface area contributed by atoms with Crippen molar-refractivity contribution in [2.24, 2.45) is 0 Å². The van der Waals surface area contributed by atoms with Gasteiger partial charge < -0.3 is 19.1 Å². The normalized spacial score (nSPS) is 15.5. The van der Waals surface area contributed by atoms with Gasteiger partial charge in [-0.1, -0.05) is 17.7 Å². The molecule has 2 aromatic carbocycles. The summed E-state index contributed by atoms with van der Waals surface area (Å²) in [7, 11) is 1.49. The average Bonchev–Trinajstić information content (AvgIpc) is 3.43. The van der Waals surface area contributed by atoms with Crippen molar-refractivity contribution in [1.82, 2.24) is 14.7 Å². The van der Waals surface area contributed by atoms with E-state index < -0.39 is 5.82 Å². The molecule has 1 aliphatic heterocycles. The Hall–Kier alpha value is -2.94. The third kappa shape index (κ3) is 5.75. The first-order valence-electron chi connectivity index (χ1n) is 11.1. The Kier molecular flexibility index (Phi) is 7.82. The van der Waals surface area contributed by atoms with E-state index in [0.717, 1.165) is 18.5 Å². The maximum absolute atomic E-state index is 13.9. The third-order valence-corrected chi connectivity index (χ3v) is 5.89. The number of carbonyl (C=O) groups excluding carboxylic acids is 1. The summed E-state index contributed by atoms with van der Waals surface area (Å²) in [5.41, 5.74) is 2.12. The molecule has 4 rings (SSSR count). The van der Waals surface area contributed by atoms with Crippen LogP contribution in [0, 0.1) is 12.7 Å². The second-order valence-corrected chi connectivity index (χ2v) is 8.60. The highest BCUT2D eigenvalue weighted by Gasteiger charge is 2.27. The summed E-state index contributed by atoms with van der Waals surface area (Å²) in [5, 5.41) is 5.26. The fourth-order valence-electron chi connectivity index (χ4n) is 3.92. The van der Waals surface area contributed by atoms with Gasteiger partial charge >= 0.3 is 0 Å². The molecule has 0 bridgehead atoms. The molecule has 1 saturated heterocycles. The summed E-state index contributed by atoms with van der Waals surface area (Å²) < 4.78 is 32.5. The van der Waals surface area contributed by atoms with Crippen molar-refractivity contribution in [2.45, 2.75) is 32.4 Å². The van der Waals surface area contributed by atoms with Crippen molar-refractivity contribution in [3.63, 3.8) is 0 Å². The van der Waals surface area contributed by atoms with Gasteiger partial charge in [-0.2, -0.15) is 5.10 Å². The summed E-state index contributed by atoms with van der Waals surface area (Å²) >= 11 is 6.07. The molecule has 34 heavy (non-hydrogen) atoms. The standard InChI is InChI=1S/C25H27ClFN3O4/c1-17-23(15-29(24(31)16-32-2)14-22-7-4-12-33-22)25(34-21-6-3-5-19(27)13-21)30(28-17)20-10-8-18(26)9-11-20/h3,5-6,8-11,13,22H,4,7,12,14-16H2,1-2H3/t22-/m0/s1. The van der Waals surface area contributed by atoms with Gasteiger partial charge in [-0.25, -0.2) is 9.07 Å². The van der Waals surface area contributed by atoms with Gasteiger partial charge in [-0.15, -0.1) is 0 Å². The Balaban J connectivity index is 1.73. The number of rotatable bonds is 9. The largest absolute Gasteiger partial charge is 0.438 e. The number of aryl methyl sites for hydroxylation is 1. The molecule has 7 nitrogen and oxygen atoms in total. The summed E-state index contributed by atoms with van der Waals surface area (Å²) in [6.45, 7) is 3.18. The van der Waals surface area contributed by atoms with E-state index in [1.54, 1.807) is 33.8 Å². The molecule has 1 aromatic heterocycles. The second-order valence-electron chi connectivity index (χ2n) is 8.16. The first-order chi connectivity index (χ1) is 16.4. The Labute approximate surface area is 203 Å². The molecular formula is C25H27ClFN3O4. The lowest BCUT2D eigenvalue weighted by Gasteiger charge is -2.25. The predicted molar refractivity (Wildman–Crippen MR) is 126 cm³/mol. The van der Waals surface area contributed by atoms with Crippen LogP contribution in [0.15, 0.2) is 48.5 Å². The molecule has 3 aromatic rings. The van der Waals surface area contributed by atoms with Crippen molar-refractivity contribution in [3.05, 3.63) is 70.6 Å². The van der Waals surface area contributed by atoms with Gasteiger partial charge in [-0.3, -0.25) is 4.79 Å². The molecule has 1 atom stereocenters. The summed E-state index contributed by atoms with van der Waals surface area (Å²) in [6, 6.07) is 13.0.